The van der Waals surface area contributed by atoms with Gasteiger partial charge in [-0.25, -0.2) is 8.51 Å². The number of nitrogens with two attached hydrogens (primary N) is 1. The van der Waals surface area contributed by atoms with Crippen molar-refractivity contribution in [1.82, 2.24) is 0 Å². The van der Waals surface area contributed by atoms with E-state index in [1.54, 1.807) is 36.4 Å². The van der Waals surface area contributed by atoms with Gasteiger partial charge in [-0.3, -0.25) is 5.41 Å². The normalized spacial score (nSPS) is 11.8. The third-order valence-corrected chi connectivity index (χ3v) is 3.73. The van der Waals surface area contributed by atoms with E-state index in [-0.39, 0.29) is 5.96 Å². The second kappa shape index (κ2) is 5.46. The molecule has 4 nitrogen and oxygen atoms in total. The molecule has 0 fully saturated rings. The molecule has 1 atom stereocenters. The lowest BCUT2D eigenvalue weighted by Crippen LogP contribution is -2.37. The number of hydrogen-bond acceptors (Lipinski definition) is 2. The van der Waals surface area contributed by atoms with Gasteiger partial charge in [-0.05, 0) is 24.3 Å². The van der Waals surface area contributed by atoms with Crippen LogP contribution in [0, 0.1) is 5.41 Å². The Kier molecular flexibility index (Phi) is 3.74. The molecule has 18 heavy (non-hydrogen) atoms. The van der Waals surface area contributed by atoms with Crippen LogP contribution in [0.4, 0.5) is 5.69 Å². The first-order chi connectivity index (χ1) is 8.70. The van der Waals surface area contributed by atoms with Crippen LogP contribution in [0.3, 0.4) is 0 Å². The van der Waals surface area contributed by atoms with Crippen molar-refractivity contribution in [2.45, 2.75) is 4.90 Å². The van der Waals surface area contributed by atoms with Crippen LogP contribution in [0.15, 0.2) is 65.6 Å². The fraction of sp³-hybridized carbons (Fsp3) is 0. The highest BCUT2D eigenvalue weighted by Gasteiger charge is 2.18. The van der Waals surface area contributed by atoms with Crippen molar-refractivity contribution in [3.8, 4) is 0 Å². The third-order valence-electron chi connectivity index (χ3n) is 2.32. The monoisotopic (exact) mass is 259 g/mol. The van der Waals surface area contributed by atoms with E-state index in [1.807, 2.05) is 24.3 Å². The van der Waals surface area contributed by atoms with Crippen LogP contribution in [0.5, 0.6) is 0 Å². The van der Waals surface area contributed by atoms with E-state index < -0.39 is 11.0 Å². The summed E-state index contributed by atoms with van der Waals surface area (Å²) < 4.78 is 13.7. The number of anilines is 1. The first-order valence-corrected chi connectivity index (χ1v) is 6.47. The van der Waals surface area contributed by atoms with Crippen LogP contribution in [0.2, 0.25) is 0 Å². The molecule has 2 aromatic carbocycles. The number of guanidine groups is 1. The summed E-state index contributed by atoms with van der Waals surface area (Å²) in [5, 5.41) is 7.58. The first-order valence-electron chi connectivity index (χ1n) is 5.36. The van der Waals surface area contributed by atoms with Gasteiger partial charge >= 0.3 is 0 Å². The number of nitrogens with zero attached hydrogens (tertiary/aromatic N) is 1. The zero-order valence-electron chi connectivity index (χ0n) is 9.61. The predicted octanol–water partition coefficient (Wildman–Crippen LogP) is 2.11. The molecule has 0 aliphatic rings. The summed E-state index contributed by atoms with van der Waals surface area (Å²) in [5.74, 6) is -0.247. The minimum Gasteiger partial charge on any atom is -0.369 e. The molecule has 0 saturated heterocycles. The van der Waals surface area contributed by atoms with Gasteiger partial charge in [0.1, 0.15) is 0 Å². The summed E-state index contributed by atoms with van der Waals surface area (Å²) in [5.41, 5.74) is 6.15. The fourth-order valence-corrected chi connectivity index (χ4v) is 2.62. The lowest BCUT2D eigenvalue weighted by atomic mass is 10.3. The summed E-state index contributed by atoms with van der Waals surface area (Å²) in [6, 6.07) is 18.0. The average Bonchev–Trinajstić information content (AvgIpc) is 2.40. The molecule has 2 rings (SSSR count). The molecule has 0 heterocycles. The Morgan fingerprint density at radius 2 is 1.50 bits per heavy atom. The van der Waals surface area contributed by atoms with Gasteiger partial charge in [0.05, 0.1) is 10.6 Å². The lowest BCUT2D eigenvalue weighted by molar-refractivity contribution is 0.683. The maximum atomic E-state index is 12.4. The van der Waals surface area contributed by atoms with E-state index in [1.165, 1.54) is 4.31 Å². The van der Waals surface area contributed by atoms with Gasteiger partial charge in [0.25, 0.3) is 0 Å². The standard InChI is InChI=1S/C13H13N3OS/c14-13(15)16(11-7-3-1-4-8-11)18(17)12-9-5-2-6-10-12/h1-10H,(H3,14,15). The van der Waals surface area contributed by atoms with Crippen molar-refractivity contribution in [3.05, 3.63) is 60.7 Å². The summed E-state index contributed by atoms with van der Waals surface area (Å²) in [6.07, 6.45) is 0. The van der Waals surface area contributed by atoms with Crippen LogP contribution in [-0.2, 0) is 11.0 Å². The fourth-order valence-electron chi connectivity index (χ4n) is 1.53. The summed E-state index contributed by atoms with van der Waals surface area (Å²) in [7, 11) is -1.52. The molecule has 0 spiro atoms. The Hall–Kier alpha value is -2.14. The molecule has 0 saturated carbocycles. The van der Waals surface area contributed by atoms with Crippen LogP contribution in [0.1, 0.15) is 0 Å². The van der Waals surface area contributed by atoms with E-state index in [0.29, 0.717) is 10.6 Å². The number of benzene rings is 2. The van der Waals surface area contributed by atoms with Crippen LogP contribution < -0.4 is 10.0 Å². The highest BCUT2D eigenvalue weighted by molar-refractivity contribution is 7.87. The third kappa shape index (κ3) is 2.57. The number of para-hydroxylation sites is 1. The minimum atomic E-state index is -1.52. The molecule has 1 unspecified atom stereocenters. The molecular weight excluding hydrogens is 246 g/mol. The smallest absolute Gasteiger partial charge is 0.205 e. The van der Waals surface area contributed by atoms with Gasteiger partial charge in [0.15, 0.2) is 11.0 Å². The number of hydrogen-bond donors (Lipinski definition) is 2. The van der Waals surface area contributed by atoms with E-state index in [9.17, 15) is 4.21 Å². The second-order valence-corrected chi connectivity index (χ2v) is 4.91. The van der Waals surface area contributed by atoms with E-state index in [4.69, 9.17) is 11.1 Å². The van der Waals surface area contributed by atoms with Crippen molar-refractivity contribution in [2.24, 2.45) is 5.73 Å². The van der Waals surface area contributed by atoms with Gasteiger partial charge in [0.2, 0.25) is 5.96 Å². The van der Waals surface area contributed by atoms with Gasteiger partial charge < -0.3 is 5.73 Å². The molecule has 0 radical (unpaired) electrons. The van der Waals surface area contributed by atoms with Crippen LogP contribution in [-0.4, -0.2) is 10.2 Å². The van der Waals surface area contributed by atoms with Crippen LogP contribution in [0.25, 0.3) is 0 Å². The molecule has 3 N–H and O–H groups in total. The van der Waals surface area contributed by atoms with E-state index in [0.717, 1.165) is 0 Å². The Bertz CT molecular complexity index is 557. The highest BCUT2D eigenvalue weighted by atomic mass is 32.2. The Morgan fingerprint density at radius 1 is 1.00 bits per heavy atom. The molecule has 92 valence electrons. The Labute approximate surface area is 108 Å². The zero-order valence-corrected chi connectivity index (χ0v) is 10.4. The molecule has 0 bridgehead atoms. The Morgan fingerprint density at radius 3 is 2.00 bits per heavy atom. The topological polar surface area (TPSA) is 70.2 Å². The van der Waals surface area contributed by atoms with Gasteiger partial charge in [0, 0.05) is 0 Å². The SMILES string of the molecule is N=C(N)N(c1ccccc1)S(=O)c1ccccc1. The van der Waals surface area contributed by atoms with Crippen LogP contribution >= 0.6 is 0 Å². The van der Waals surface area contributed by atoms with Gasteiger partial charge in [-0.2, -0.15) is 0 Å². The van der Waals surface area contributed by atoms with Crippen molar-refractivity contribution in [3.63, 3.8) is 0 Å². The molecule has 0 amide bonds. The van der Waals surface area contributed by atoms with Crippen molar-refractivity contribution >= 4 is 22.6 Å². The summed E-state index contributed by atoms with van der Waals surface area (Å²) in [6.45, 7) is 0. The summed E-state index contributed by atoms with van der Waals surface area (Å²) in [4.78, 5) is 0.608. The molecule has 0 aromatic heterocycles. The van der Waals surface area contributed by atoms with Crippen molar-refractivity contribution in [1.29, 1.82) is 5.41 Å². The zero-order chi connectivity index (χ0) is 13.0. The molecule has 0 aliphatic heterocycles. The predicted molar refractivity (Wildman–Crippen MR) is 73.7 cm³/mol. The maximum Gasteiger partial charge on any atom is 0.205 e. The molecular formula is C13H13N3OS. The minimum absolute atomic E-state index is 0.247. The van der Waals surface area contributed by atoms with E-state index in [2.05, 4.69) is 0 Å². The van der Waals surface area contributed by atoms with Crippen molar-refractivity contribution in [2.75, 3.05) is 4.31 Å². The highest BCUT2D eigenvalue weighted by Crippen LogP contribution is 2.19. The Balaban J connectivity index is 2.39. The van der Waals surface area contributed by atoms with Crippen molar-refractivity contribution < 1.29 is 4.21 Å². The second-order valence-electron chi connectivity index (χ2n) is 3.58. The number of nitrogens with one attached hydrogen (secondary N) is 1. The van der Waals surface area contributed by atoms with Gasteiger partial charge in [-0.1, -0.05) is 36.4 Å². The maximum absolute atomic E-state index is 12.4. The quantitative estimate of drug-likeness (QED) is 0.654. The summed E-state index contributed by atoms with van der Waals surface area (Å²) >= 11 is 0. The number of rotatable bonds is 3. The molecule has 0 aliphatic carbocycles. The molecule has 2 aromatic rings. The first kappa shape index (κ1) is 12.3. The average molecular weight is 259 g/mol. The molecule has 5 heteroatoms. The largest absolute Gasteiger partial charge is 0.369 e. The van der Waals surface area contributed by atoms with E-state index >= 15 is 0 Å². The van der Waals surface area contributed by atoms with Gasteiger partial charge in [-0.15, -0.1) is 0 Å². The lowest BCUT2D eigenvalue weighted by Gasteiger charge is -2.21.